The van der Waals surface area contributed by atoms with Crippen molar-refractivity contribution in [3.63, 3.8) is 0 Å². The first-order chi connectivity index (χ1) is 8.98. The van der Waals surface area contributed by atoms with Crippen LogP contribution in [0.5, 0.6) is 0 Å². The van der Waals surface area contributed by atoms with Crippen LogP contribution in [0.25, 0.3) is 0 Å². The second kappa shape index (κ2) is 6.30. The van der Waals surface area contributed by atoms with Crippen molar-refractivity contribution < 1.29 is 23.1 Å². The fraction of sp³-hybridized carbons (Fsp3) is 0.923. The van der Waals surface area contributed by atoms with Gasteiger partial charge >= 0.3 is 6.18 Å². The molecule has 0 bridgehead atoms. The number of alkyl halides is 3. The van der Waals surface area contributed by atoms with Crippen molar-refractivity contribution in [2.24, 2.45) is 5.92 Å². The zero-order valence-electron chi connectivity index (χ0n) is 12.2. The maximum atomic E-state index is 12.4. The fourth-order valence-electron chi connectivity index (χ4n) is 2.62. The van der Waals surface area contributed by atoms with Gasteiger partial charge in [0, 0.05) is 20.1 Å². The number of hydrogen-bond donors (Lipinski definition) is 1. The van der Waals surface area contributed by atoms with Crippen LogP contribution in [0, 0.1) is 5.92 Å². The van der Waals surface area contributed by atoms with Crippen LogP contribution in [0.4, 0.5) is 13.2 Å². The first-order valence-corrected chi connectivity index (χ1v) is 6.74. The number of hydrogen-bond acceptors (Lipinski definition) is 3. The van der Waals surface area contributed by atoms with Crippen LogP contribution in [0.15, 0.2) is 0 Å². The van der Waals surface area contributed by atoms with Crippen LogP contribution >= 0.6 is 0 Å². The van der Waals surface area contributed by atoms with E-state index < -0.39 is 24.2 Å². The molecule has 4 nitrogen and oxygen atoms in total. The van der Waals surface area contributed by atoms with Crippen molar-refractivity contribution in [1.82, 2.24) is 9.80 Å². The summed E-state index contributed by atoms with van der Waals surface area (Å²) in [5, 5.41) is 9.69. The smallest absolute Gasteiger partial charge is 0.389 e. The average Bonchev–Trinajstić information content (AvgIpc) is 2.23. The van der Waals surface area contributed by atoms with Gasteiger partial charge in [0.05, 0.1) is 18.1 Å². The summed E-state index contributed by atoms with van der Waals surface area (Å²) in [6, 6.07) is 0. The lowest BCUT2D eigenvalue weighted by Gasteiger charge is -2.35. The maximum absolute atomic E-state index is 12.4. The fourth-order valence-corrected chi connectivity index (χ4v) is 2.62. The van der Waals surface area contributed by atoms with Gasteiger partial charge in [-0.25, -0.2) is 0 Å². The molecule has 1 fully saturated rings. The molecule has 0 aromatic rings. The molecule has 1 aliphatic heterocycles. The van der Waals surface area contributed by atoms with E-state index in [1.165, 1.54) is 9.80 Å². The minimum Gasteiger partial charge on any atom is -0.389 e. The van der Waals surface area contributed by atoms with Crippen LogP contribution in [-0.4, -0.2) is 65.8 Å². The molecule has 0 aliphatic carbocycles. The lowest BCUT2D eigenvalue weighted by atomic mass is 9.96. The number of halogens is 3. The van der Waals surface area contributed by atoms with E-state index in [2.05, 4.69) is 0 Å². The third-order valence-corrected chi connectivity index (χ3v) is 3.26. The summed E-state index contributed by atoms with van der Waals surface area (Å²) in [5.74, 6) is -0.613. The lowest BCUT2D eigenvalue weighted by Crippen LogP contribution is -2.48. The molecule has 7 heteroatoms. The number of likely N-dealkylation sites (N-methyl/N-ethyl adjacent to an activating group) is 1. The summed E-state index contributed by atoms with van der Waals surface area (Å²) in [7, 11) is 1.57. The standard InChI is InChI=1S/C13H23F3N2O2/c1-12(2,20)8-17(3)11(19)10-5-4-6-18(7-10)9-13(14,15)16/h10,20H,4-9H2,1-3H3. The molecule has 118 valence electrons. The predicted octanol–water partition coefficient (Wildman–Crippen LogP) is 1.49. The summed E-state index contributed by atoms with van der Waals surface area (Å²) < 4.78 is 37.1. The minimum atomic E-state index is -4.23. The number of amides is 1. The predicted molar refractivity (Wildman–Crippen MR) is 69.2 cm³/mol. The molecule has 1 N–H and O–H groups in total. The van der Waals surface area contributed by atoms with Crippen LogP contribution < -0.4 is 0 Å². The number of aliphatic hydroxyl groups is 1. The Bertz CT molecular complexity index is 339. The van der Waals surface area contributed by atoms with Crippen molar-refractivity contribution in [2.75, 3.05) is 33.2 Å². The Labute approximate surface area is 117 Å². The second-order valence-electron chi connectivity index (χ2n) is 6.20. The number of carbonyl (C=O) groups is 1. The van der Waals surface area contributed by atoms with Gasteiger partial charge in [0.2, 0.25) is 5.91 Å². The summed E-state index contributed by atoms with van der Waals surface area (Å²) in [6.45, 7) is 2.89. The SMILES string of the molecule is CN(CC(C)(C)O)C(=O)C1CCCN(CC(F)(F)F)C1. The number of rotatable bonds is 4. The third-order valence-electron chi connectivity index (χ3n) is 3.26. The average molecular weight is 296 g/mol. The van der Waals surface area contributed by atoms with Gasteiger partial charge in [0.15, 0.2) is 0 Å². The first-order valence-electron chi connectivity index (χ1n) is 6.74. The maximum Gasteiger partial charge on any atom is 0.401 e. The number of nitrogens with zero attached hydrogens (tertiary/aromatic N) is 2. The summed E-state index contributed by atoms with van der Waals surface area (Å²) in [5.41, 5.74) is -1.01. The minimum absolute atomic E-state index is 0.133. The quantitative estimate of drug-likeness (QED) is 0.855. The molecular weight excluding hydrogens is 273 g/mol. The highest BCUT2D eigenvalue weighted by molar-refractivity contribution is 5.79. The Hall–Kier alpha value is -0.820. The summed E-state index contributed by atoms with van der Waals surface area (Å²) in [4.78, 5) is 14.9. The summed E-state index contributed by atoms with van der Waals surface area (Å²) in [6.07, 6.45) is -3.05. The lowest BCUT2D eigenvalue weighted by molar-refractivity contribution is -0.154. The van der Waals surface area contributed by atoms with E-state index >= 15 is 0 Å². The van der Waals surface area contributed by atoms with Crippen molar-refractivity contribution in [2.45, 2.75) is 38.5 Å². The molecule has 1 heterocycles. The molecule has 0 aromatic heterocycles. The molecule has 1 rings (SSSR count). The normalized spacial score (nSPS) is 21.9. The Morgan fingerprint density at radius 2 is 2.00 bits per heavy atom. The highest BCUT2D eigenvalue weighted by Gasteiger charge is 2.35. The van der Waals surface area contributed by atoms with Crippen LogP contribution in [0.2, 0.25) is 0 Å². The van der Waals surface area contributed by atoms with Gasteiger partial charge in [-0.15, -0.1) is 0 Å². The number of carbonyl (C=O) groups excluding carboxylic acids is 1. The van der Waals surface area contributed by atoms with Crippen LogP contribution in [-0.2, 0) is 4.79 Å². The molecule has 1 amide bonds. The zero-order chi connectivity index (χ0) is 15.6. The van der Waals surface area contributed by atoms with Gasteiger partial charge in [-0.2, -0.15) is 13.2 Å². The van der Waals surface area contributed by atoms with E-state index in [0.29, 0.717) is 19.4 Å². The monoisotopic (exact) mass is 296 g/mol. The van der Waals surface area contributed by atoms with E-state index in [-0.39, 0.29) is 19.0 Å². The van der Waals surface area contributed by atoms with E-state index in [0.717, 1.165) is 0 Å². The molecule has 1 aliphatic rings. The van der Waals surface area contributed by atoms with Crippen LogP contribution in [0.1, 0.15) is 26.7 Å². The van der Waals surface area contributed by atoms with Gasteiger partial charge in [0.25, 0.3) is 0 Å². The molecule has 0 aromatic carbocycles. The second-order valence-corrected chi connectivity index (χ2v) is 6.20. The van der Waals surface area contributed by atoms with Crippen molar-refractivity contribution in [3.8, 4) is 0 Å². The molecular formula is C13H23F3N2O2. The highest BCUT2D eigenvalue weighted by Crippen LogP contribution is 2.23. The molecule has 1 saturated heterocycles. The first kappa shape index (κ1) is 17.2. The zero-order valence-corrected chi connectivity index (χ0v) is 12.2. The summed E-state index contributed by atoms with van der Waals surface area (Å²) >= 11 is 0. The van der Waals surface area contributed by atoms with E-state index in [1.807, 2.05) is 0 Å². The third kappa shape index (κ3) is 6.09. The van der Waals surface area contributed by atoms with E-state index in [9.17, 15) is 23.1 Å². The van der Waals surface area contributed by atoms with Crippen molar-refractivity contribution in [3.05, 3.63) is 0 Å². The Morgan fingerprint density at radius 1 is 1.40 bits per heavy atom. The Balaban J connectivity index is 2.56. The van der Waals surface area contributed by atoms with Gasteiger partial charge in [-0.3, -0.25) is 9.69 Å². The highest BCUT2D eigenvalue weighted by atomic mass is 19.4. The van der Waals surface area contributed by atoms with Gasteiger partial charge in [-0.1, -0.05) is 0 Å². The van der Waals surface area contributed by atoms with Crippen molar-refractivity contribution in [1.29, 1.82) is 0 Å². The van der Waals surface area contributed by atoms with E-state index in [4.69, 9.17) is 0 Å². The Kier molecular flexibility index (Phi) is 5.43. The molecule has 0 saturated carbocycles. The Morgan fingerprint density at radius 3 is 2.50 bits per heavy atom. The van der Waals surface area contributed by atoms with Gasteiger partial charge < -0.3 is 10.0 Å². The van der Waals surface area contributed by atoms with Crippen LogP contribution in [0.3, 0.4) is 0 Å². The molecule has 0 radical (unpaired) electrons. The van der Waals surface area contributed by atoms with E-state index in [1.54, 1.807) is 20.9 Å². The topological polar surface area (TPSA) is 43.8 Å². The van der Waals surface area contributed by atoms with Gasteiger partial charge in [-0.05, 0) is 33.2 Å². The number of likely N-dealkylation sites (tertiary alicyclic amines) is 1. The van der Waals surface area contributed by atoms with Gasteiger partial charge in [0.1, 0.15) is 0 Å². The number of piperidine rings is 1. The van der Waals surface area contributed by atoms with Crippen molar-refractivity contribution >= 4 is 5.91 Å². The molecule has 20 heavy (non-hydrogen) atoms. The largest absolute Gasteiger partial charge is 0.401 e. The molecule has 0 spiro atoms. The molecule has 1 unspecified atom stereocenters. The molecule has 1 atom stereocenters.